The highest BCUT2D eigenvalue weighted by Gasteiger charge is 2.31. The molecule has 6 heteroatoms. The Morgan fingerprint density at radius 2 is 1.88 bits per heavy atom. The molecular weight excluding hydrogens is 210 g/mol. The zero-order chi connectivity index (χ0) is 12.3. The molecule has 0 unspecified atom stereocenters. The summed E-state index contributed by atoms with van der Waals surface area (Å²) in [5, 5.41) is 2.18. The van der Waals surface area contributed by atoms with Gasteiger partial charge >= 0.3 is 0 Å². The van der Waals surface area contributed by atoms with E-state index in [0.29, 0.717) is 6.42 Å². The molecule has 6 nitrogen and oxygen atoms in total. The number of hydrogen-bond acceptors (Lipinski definition) is 4. The lowest BCUT2D eigenvalue weighted by atomic mass is 10.0. The molecule has 0 aromatic rings. The van der Waals surface area contributed by atoms with Gasteiger partial charge in [-0.15, -0.1) is 0 Å². The van der Waals surface area contributed by atoms with Gasteiger partial charge in [0.15, 0.2) is 0 Å². The molecule has 1 aliphatic rings. The van der Waals surface area contributed by atoms with Crippen molar-refractivity contribution < 1.29 is 14.4 Å². The number of carbonyl (C=O) groups excluding carboxylic acids is 3. The van der Waals surface area contributed by atoms with Gasteiger partial charge in [0.2, 0.25) is 17.7 Å². The highest BCUT2D eigenvalue weighted by molar-refractivity contribution is 6.00. The third-order valence-corrected chi connectivity index (χ3v) is 2.44. The van der Waals surface area contributed by atoms with Crippen molar-refractivity contribution in [3.05, 3.63) is 0 Å². The molecule has 0 aliphatic carbocycles. The zero-order valence-corrected chi connectivity index (χ0v) is 9.53. The van der Waals surface area contributed by atoms with Crippen LogP contribution in [-0.2, 0) is 14.4 Å². The molecule has 1 fully saturated rings. The highest BCUT2D eigenvalue weighted by Crippen LogP contribution is 2.12. The number of hydrogen-bond donors (Lipinski definition) is 2. The summed E-state index contributed by atoms with van der Waals surface area (Å²) in [6.45, 7) is 4.02. The second kappa shape index (κ2) is 5.07. The van der Waals surface area contributed by atoms with Crippen LogP contribution in [0.15, 0.2) is 0 Å². The minimum Gasteiger partial charge on any atom is -0.368 e. The van der Waals surface area contributed by atoms with E-state index in [4.69, 9.17) is 5.73 Å². The number of nitrogens with one attached hydrogen (secondary N) is 1. The van der Waals surface area contributed by atoms with Crippen molar-refractivity contribution in [1.82, 2.24) is 10.2 Å². The molecule has 3 N–H and O–H groups in total. The Balaban J connectivity index is 2.73. The van der Waals surface area contributed by atoms with Crippen LogP contribution in [0.25, 0.3) is 0 Å². The van der Waals surface area contributed by atoms with Crippen molar-refractivity contribution in [2.45, 2.75) is 26.3 Å². The smallest absolute Gasteiger partial charge is 0.240 e. The van der Waals surface area contributed by atoms with E-state index in [0.717, 1.165) is 0 Å². The molecule has 1 saturated heterocycles. The first-order valence-electron chi connectivity index (χ1n) is 5.26. The van der Waals surface area contributed by atoms with E-state index in [1.54, 1.807) is 0 Å². The van der Waals surface area contributed by atoms with Gasteiger partial charge < -0.3 is 5.73 Å². The lowest BCUT2D eigenvalue weighted by molar-refractivity contribution is -0.138. The number of amides is 3. The largest absolute Gasteiger partial charge is 0.368 e. The van der Waals surface area contributed by atoms with Crippen LogP contribution in [0, 0.1) is 5.92 Å². The minimum atomic E-state index is -0.546. The highest BCUT2D eigenvalue weighted by atomic mass is 16.2. The fourth-order valence-electron chi connectivity index (χ4n) is 1.77. The second-order valence-electron chi connectivity index (χ2n) is 4.42. The predicted molar refractivity (Wildman–Crippen MR) is 57.2 cm³/mol. The lowest BCUT2D eigenvalue weighted by Gasteiger charge is -2.32. The van der Waals surface area contributed by atoms with Gasteiger partial charge in [-0.3, -0.25) is 24.6 Å². The lowest BCUT2D eigenvalue weighted by Crippen LogP contribution is -2.57. The van der Waals surface area contributed by atoms with Gasteiger partial charge in [0.05, 0.1) is 19.1 Å². The molecule has 0 radical (unpaired) electrons. The molecule has 0 spiro atoms. The van der Waals surface area contributed by atoms with E-state index in [-0.39, 0.29) is 30.8 Å². The quantitative estimate of drug-likeness (QED) is 0.593. The number of imide groups is 1. The third-order valence-electron chi connectivity index (χ3n) is 2.44. The minimum absolute atomic E-state index is 0.0477. The summed E-state index contributed by atoms with van der Waals surface area (Å²) in [5.41, 5.74) is 5.28. The Morgan fingerprint density at radius 1 is 1.38 bits per heavy atom. The van der Waals surface area contributed by atoms with Gasteiger partial charge in [-0.05, 0) is 12.3 Å². The summed E-state index contributed by atoms with van der Waals surface area (Å²) < 4.78 is 0. The summed E-state index contributed by atoms with van der Waals surface area (Å²) in [6.07, 6.45) is 0.551. The molecule has 1 atom stereocenters. The first-order chi connectivity index (χ1) is 7.40. The fourth-order valence-corrected chi connectivity index (χ4v) is 1.77. The first kappa shape index (κ1) is 12.6. The van der Waals surface area contributed by atoms with Crippen molar-refractivity contribution >= 4 is 17.7 Å². The van der Waals surface area contributed by atoms with Gasteiger partial charge in [-0.1, -0.05) is 13.8 Å². The van der Waals surface area contributed by atoms with Crippen LogP contribution >= 0.6 is 0 Å². The molecule has 1 aliphatic heterocycles. The van der Waals surface area contributed by atoms with Crippen LogP contribution in [0.2, 0.25) is 0 Å². The second-order valence-corrected chi connectivity index (χ2v) is 4.42. The molecule has 90 valence electrons. The van der Waals surface area contributed by atoms with Crippen molar-refractivity contribution in [2.24, 2.45) is 11.7 Å². The molecule has 1 rings (SSSR count). The number of rotatable bonds is 4. The fraction of sp³-hybridized carbons (Fsp3) is 0.700. The van der Waals surface area contributed by atoms with E-state index in [2.05, 4.69) is 5.32 Å². The van der Waals surface area contributed by atoms with Gasteiger partial charge in [0, 0.05) is 0 Å². The Bertz CT molecular complexity index is 298. The number of carbonyl (C=O) groups is 3. The number of nitrogens with two attached hydrogens (primary N) is 1. The molecule has 0 bridgehead atoms. The SMILES string of the molecule is CC(C)C[C@H](C(N)=O)N1CC(=O)NC(=O)C1. The molecule has 0 saturated carbocycles. The van der Waals surface area contributed by atoms with Gasteiger partial charge in [0.25, 0.3) is 0 Å². The van der Waals surface area contributed by atoms with E-state index >= 15 is 0 Å². The number of piperazine rings is 1. The Hall–Kier alpha value is -1.43. The summed E-state index contributed by atoms with van der Waals surface area (Å²) in [7, 11) is 0. The van der Waals surface area contributed by atoms with Gasteiger partial charge in [-0.2, -0.15) is 0 Å². The first-order valence-corrected chi connectivity index (χ1v) is 5.26. The van der Waals surface area contributed by atoms with Crippen molar-refractivity contribution in [3.63, 3.8) is 0 Å². The summed E-state index contributed by atoms with van der Waals surface area (Å²) in [5.74, 6) is -0.980. The maximum atomic E-state index is 11.3. The van der Waals surface area contributed by atoms with Crippen LogP contribution in [0.4, 0.5) is 0 Å². The standard InChI is InChI=1S/C10H17N3O3/c1-6(2)3-7(10(11)16)13-4-8(14)12-9(15)5-13/h6-7H,3-5H2,1-2H3,(H2,11,16)(H,12,14,15)/t7-/m1/s1. The maximum absolute atomic E-state index is 11.3. The zero-order valence-electron chi connectivity index (χ0n) is 9.53. The number of primary amides is 1. The normalized spacial score (nSPS) is 19.7. The van der Waals surface area contributed by atoms with E-state index in [1.807, 2.05) is 13.8 Å². The molecule has 0 aromatic carbocycles. The Labute approximate surface area is 94.2 Å². The van der Waals surface area contributed by atoms with Crippen molar-refractivity contribution in [3.8, 4) is 0 Å². The van der Waals surface area contributed by atoms with Crippen molar-refractivity contribution in [1.29, 1.82) is 0 Å². The van der Waals surface area contributed by atoms with E-state index < -0.39 is 11.9 Å². The average Bonchev–Trinajstić information content (AvgIpc) is 2.11. The molecular formula is C10H17N3O3. The molecule has 3 amide bonds. The average molecular weight is 227 g/mol. The van der Waals surface area contributed by atoms with Crippen LogP contribution in [0.5, 0.6) is 0 Å². The van der Waals surface area contributed by atoms with E-state index in [1.165, 1.54) is 4.90 Å². The van der Waals surface area contributed by atoms with E-state index in [9.17, 15) is 14.4 Å². The Kier molecular flexibility index (Phi) is 4.00. The third kappa shape index (κ3) is 3.30. The van der Waals surface area contributed by atoms with Gasteiger partial charge in [-0.25, -0.2) is 0 Å². The van der Waals surface area contributed by atoms with Crippen LogP contribution < -0.4 is 11.1 Å². The van der Waals surface area contributed by atoms with Gasteiger partial charge in [0.1, 0.15) is 0 Å². The predicted octanol–water partition coefficient (Wildman–Crippen LogP) is -1.16. The van der Waals surface area contributed by atoms with Crippen molar-refractivity contribution in [2.75, 3.05) is 13.1 Å². The topological polar surface area (TPSA) is 92.5 Å². The van der Waals surface area contributed by atoms with Crippen LogP contribution in [0.1, 0.15) is 20.3 Å². The molecule has 1 heterocycles. The summed E-state index contributed by atoms with van der Waals surface area (Å²) >= 11 is 0. The molecule has 16 heavy (non-hydrogen) atoms. The summed E-state index contributed by atoms with van der Waals surface area (Å²) in [6, 6.07) is -0.546. The monoisotopic (exact) mass is 227 g/mol. The van der Waals surface area contributed by atoms with Crippen LogP contribution in [0.3, 0.4) is 0 Å². The molecule has 0 aromatic heterocycles. The number of nitrogens with zero attached hydrogens (tertiary/aromatic N) is 1. The Morgan fingerprint density at radius 3 is 2.25 bits per heavy atom. The summed E-state index contributed by atoms with van der Waals surface area (Å²) in [4.78, 5) is 35.2. The maximum Gasteiger partial charge on any atom is 0.240 e. The van der Waals surface area contributed by atoms with Crippen LogP contribution in [-0.4, -0.2) is 41.8 Å².